The Labute approximate surface area is 144 Å². The lowest BCUT2D eigenvalue weighted by molar-refractivity contribution is 0.198. The summed E-state index contributed by atoms with van der Waals surface area (Å²) in [6, 6.07) is 12.0. The number of nitrogens with one attached hydrogen (secondary N) is 2. The van der Waals surface area contributed by atoms with E-state index in [2.05, 4.69) is 34.4 Å². The highest BCUT2D eigenvalue weighted by Crippen LogP contribution is 2.20. The summed E-state index contributed by atoms with van der Waals surface area (Å²) >= 11 is 0. The van der Waals surface area contributed by atoms with Crippen molar-refractivity contribution in [2.75, 3.05) is 37.4 Å². The zero-order valence-corrected chi connectivity index (χ0v) is 14.9. The van der Waals surface area contributed by atoms with Crippen molar-refractivity contribution in [3.05, 3.63) is 36.4 Å². The van der Waals surface area contributed by atoms with E-state index in [1.54, 1.807) is 7.11 Å². The SMILES string of the molecule is COCCCNc1cc(NCCC(C)C)nc(-c2ccccc2)n1. The van der Waals surface area contributed by atoms with Crippen molar-refractivity contribution in [2.45, 2.75) is 26.7 Å². The first-order valence-electron chi connectivity index (χ1n) is 8.60. The zero-order valence-electron chi connectivity index (χ0n) is 14.9. The quantitative estimate of drug-likeness (QED) is 0.644. The molecule has 5 heteroatoms. The smallest absolute Gasteiger partial charge is 0.163 e. The number of benzene rings is 1. The van der Waals surface area contributed by atoms with Crippen LogP contribution in [-0.2, 0) is 4.74 Å². The largest absolute Gasteiger partial charge is 0.385 e. The molecular formula is C19H28N4O. The van der Waals surface area contributed by atoms with Crippen molar-refractivity contribution in [2.24, 2.45) is 5.92 Å². The Bertz CT molecular complexity index is 602. The van der Waals surface area contributed by atoms with E-state index in [4.69, 9.17) is 4.74 Å². The predicted octanol–water partition coefficient (Wildman–Crippen LogP) is 4.05. The standard InChI is InChI=1S/C19H28N4O/c1-15(2)10-12-21-18-14-17(20-11-7-13-24-3)22-19(23-18)16-8-5-4-6-9-16/h4-6,8-9,14-15H,7,10-13H2,1-3H3,(H2,20,21,22,23). The summed E-state index contributed by atoms with van der Waals surface area (Å²) in [6.07, 6.45) is 2.05. The Hall–Kier alpha value is -2.14. The summed E-state index contributed by atoms with van der Waals surface area (Å²) in [6.45, 7) is 6.92. The van der Waals surface area contributed by atoms with Gasteiger partial charge in [-0.25, -0.2) is 9.97 Å². The van der Waals surface area contributed by atoms with Crippen molar-refractivity contribution in [1.82, 2.24) is 9.97 Å². The molecule has 0 saturated carbocycles. The van der Waals surface area contributed by atoms with Crippen LogP contribution in [0.25, 0.3) is 11.4 Å². The fourth-order valence-corrected chi connectivity index (χ4v) is 2.27. The van der Waals surface area contributed by atoms with Gasteiger partial charge in [0, 0.05) is 38.4 Å². The van der Waals surface area contributed by atoms with Gasteiger partial charge in [-0.1, -0.05) is 44.2 Å². The number of hydrogen-bond donors (Lipinski definition) is 2. The van der Waals surface area contributed by atoms with E-state index in [1.165, 1.54) is 0 Å². The molecule has 0 spiro atoms. The van der Waals surface area contributed by atoms with Crippen LogP contribution in [0.5, 0.6) is 0 Å². The molecule has 130 valence electrons. The first-order chi connectivity index (χ1) is 11.7. The van der Waals surface area contributed by atoms with Crippen LogP contribution in [0.3, 0.4) is 0 Å². The molecule has 5 nitrogen and oxygen atoms in total. The van der Waals surface area contributed by atoms with Crippen LogP contribution in [-0.4, -0.2) is 36.8 Å². The molecule has 0 radical (unpaired) electrons. The second-order valence-electron chi connectivity index (χ2n) is 6.21. The molecule has 1 heterocycles. The van der Waals surface area contributed by atoms with Crippen LogP contribution < -0.4 is 10.6 Å². The third kappa shape index (κ3) is 6.16. The van der Waals surface area contributed by atoms with Crippen LogP contribution in [0.2, 0.25) is 0 Å². The van der Waals surface area contributed by atoms with E-state index >= 15 is 0 Å². The number of methoxy groups -OCH3 is 1. The number of hydrogen-bond acceptors (Lipinski definition) is 5. The lowest BCUT2D eigenvalue weighted by Crippen LogP contribution is -2.10. The number of anilines is 2. The Morgan fingerprint density at radius 2 is 1.67 bits per heavy atom. The Kier molecular flexibility index (Phi) is 7.49. The molecule has 0 amide bonds. The Balaban J connectivity index is 2.13. The fraction of sp³-hybridized carbons (Fsp3) is 0.474. The number of aromatic nitrogens is 2. The normalized spacial score (nSPS) is 10.8. The minimum Gasteiger partial charge on any atom is -0.385 e. The van der Waals surface area contributed by atoms with Crippen molar-refractivity contribution in [3.63, 3.8) is 0 Å². The van der Waals surface area contributed by atoms with Gasteiger partial charge in [0.1, 0.15) is 11.6 Å². The van der Waals surface area contributed by atoms with Crippen molar-refractivity contribution < 1.29 is 4.74 Å². The van der Waals surface area contributed by atoms with E-state index in [1.807, 2.05) is 36.4 Å². The average Bonchev–Trinajstić information content (AvgIpc) is 2.59. The third-order valence-corrected chi connectivity index (χ3v) is 3.62. The van der Waals surface area contributed by atoms with Gasteiger partial charge in [0.2, 0.25) is 0 Å². The van der Waals surface area contributed by atoms with Crippen LogP contribution in [0.15, 0.2) is 36.4 Å². The van der Waals surface area contributed by atoms with E-state index in [9.17, 15) is 0 Å². The summed E-state index contributed by atoms with van der Waals surface area (Å²) in [5.41, 5.74) is 1.02. The molecule has 2 aromatic rings. The molecule has 0 fully saturated rings. The van der Waals surface area contributed by atoms with E-state index in [-0.39, 0.29) is 0 Å². The van der Waals surface area contributed by atoms with E-state index in [0.717, 1.165) is 55.6 Å². The molecule has 0 aliphatic carbocycles. The van der Waals surface area contributed by atoms with Gasteiger partial charge in [-0.15, -0.1) is 0 Å². The van der Waals surface area contributed by atoms with E-state index < -0.39 is 0 Å². The number of rotatable bonds is 10. The van der Waals surface area contributed by atoms with Crippen LogP contribution in [0.4, 0.5) is 11.6 Å². The molecule has 0 aliphatic rings. The second-order valence-corrected chi connectivity index (χ2v) is 6.21. The van der Waals surface area contributed by atoms with Crippen molar-refractivity contribution in [1.29, 1.82) is 0 Å². The molecule has 24 heavy (non-hydrogen) atoms. The van der Waals surface area contributed by atoms with Crippen LogP contribution in [0, 0.1) is 5.92 Å². The molecule has 0 aliphatic heterocycles. The molecule has 0 unspecified atom stereocenters. The molecule has 2 rings (SSSR count). The third-order valence-electron chi connectivity index (χ3n) is 3.62. The van der Waals surface area contributed by atoms with Crippen molar-refractivity contribution in [3.8, 4) is 11.4 Å². The van der Waals surface area contributed by atoms with Gasteiger partial charge in [-0.2, -0.15) is 0 Å². The highest BCUT2D eigenvalue weighted by Gasteiger charge is 2.07. The molecule has 0 atom stereocenters. The highest BCUT2D eigenvalue weighted by atomic mass is 16.5. The fourth-order valence-electron chi connectivity index (χ4n) is 2.27. The molecular weight excluding hydrogens is 300 g/mol. The van der Waals surface area contributed by atoms with E-state index in [0.29, 0.717) is 5.92 Å². The van der Waals surface area contributed by atoms with Gasteiger partial charge in [-0.3, -0.25) is 0 Å². The maximum atomic E-state index is 5.09. The lowest BCUT2D eigenvalue weighted by Gasteiger charge is -2.12. The van der Waals surface area contributed by atoms with Gasteiger partial charge >= 0.3 is 0 Å². The monoisotopic (exact) mass is 328 g/mol. The molecule has 0 saturated heterocycles. The maximum Gasteiger partial charge on any atom is 0.163 e. The predicted molar refractivity (Wildman–Crippen MR) is 100 cm³/mol. The van der Waals surface area contributed by atoms with Gasteiger partial charge in [0.15, 0.2) is 5.82 Å². The van der Waals surface area contributed by atoms with Crippen LogP contribution in [0.1, 0.15) is 26.7 Å². The maximum absolute atomic E-state index is 5.09. The molecule has 1 aromatic heterocycles. The van der Waals surface area contributed by atoms with Gasteiger partial charge in [-0.05, 0) is 18.8 Å². The van der Waals surface area contributed by atoms with Crippen molar-refractivity contribution >= 4 is 11.6 Å². The highest BCUT2D eigenvalue weighted by molar-refractivity contribution is 5.61. The van der Waals surface area contributed by atoms with Crippen LogP contribution >= 0.6 is 0 Å². The Morgan fingerprint density at radius 3 is 2.29 bits per heavy atom. The number of ether oxygens (including phenoxy) is 1. The van der Waals surface area contributed by atoms with Gasteiger partial charge in [0.25, 0.3) is 0 Å². The Morgan fingerprint density at radius 1 is 1.00 bits per heavy atom. The number of nitrogens with zero attached hydrogens (tertiary/aromatic N) is 2. The molecule has 0 bridgehead atoms. The summed E-state index contributed by atoms with van der Waals surface area (Å²) in [4.78, 5) is 9.30. The summed E-state index contributed by atoms with van der Waals surface area (Å²) in [5, 5.41) is 6.77. The average molecular weight is 328 g/mol. The molecule has 2 N–H and O–H groups in total. The first-order valence-corrected chi connectivity index (χ1v) is 8.60. The van der Waals surface area contributed by atoms with Gasteiger partial charge < -0.3 is 15.4 Å². The lowest BCUT2D eigenvalue weighted by atomic mass is 10.1. The first kappa shape index (κ1) is 18.2. The second kappa shape index (κ2) is 9.88. The minimum atomic E-state index is 0.666. The minimum absolute atomic E-state index is 0.666. The summed E-state index contributed by atoms with van der Waals surface area (Å²) in [5.74, 6) is 3.10. The van der Waals surface area contributed by atoms with Gasteiger partial charge in [0.05, 0.1) is 0 Å². The topological polar surface area (TPSA) is 59.1 Å². The zero-order chi connectivity index (χ0) is 17.2. The molecule has 1 aromatic carbocycles. The summed E-state index contributed by atoms with van der Waals surface area (Å²) < 4.78 is 5.09. The summed E-state index contributed by atoms with van der Waals surface area (Å²) in [7, 11) is 1.72.